The van der Waals surface area contributed by atoms with Crippen molar-refractivity contribution < 1.29 is 14.6 Å². The van der Waals surface area contributed by atoms with Gasteiger partial charge in [-0.25, -0.2) is 0 Å². The predicted molar refractivity (Wildman–Crippen MR) is 116 cm³/mol. The molecule has 0 spiro atoms. The Balaban J connectivity index is 1.70. The Morgan fingerprint density at radius 1 is 1.21 bits per heavy atom. The monoisotopic (exact) mass is 413 g/mol. The molecule has 1 aliphatic heterocycles. The van der Waals surface area contributed by atoms with E-state index in [1.165, 1.54) is 20.5 Å². The summed E-state index contributed by atoms with van der Waals surface area (Å²) in [5.74, 6) is -0.142. The van der Waals surface area contributed by atoms with Crippen LogP contribution in [-0.2, 0) is 16.0 Å². The molecule has 0 fully saturated rings. The fraction of sp³-hybridized carbons (Fsp3) is 0.318. The zero-order chi connectivity index (χ0) is 19.8. The van der Waals surface area contributed by atoms with Crippen LogP contribution in [0.4, 0.5) is 0 Å². The van der Waals surface area contributed by atoms with Crippen LogP contribution >= 0.6 is 22.7 Å². The molecule has 1 unspecified atom stereocenters. The van der Waals surface area contributed by atoms with Crippen molar-refractivity contribution in [2.24, 2.45) is 0 Å². The minimum Gasteiger partial charge on any atom is -0.481 e. The van der Waals surface area contributed by atoms with E-state index in [4.69, 9.17) is 4.74 Å². The highest BCUT2D eigenvalue weighted by molar-refractivity contribution is 7.19. The quantitative estimate of drug-likeness (QED) is 0.536. The van der Waals surface area contributed by atoms with E-state index in [9.17, 15) is 9.90 Å². The van der Waals surface area contributed by atoms with E-state index >= 15 is 0 Å². The van der Waals surface area contributed by atoms with Gasteiger partial charge in [-0.2, -0.15) is 0 Å². The van der Waals surface area contributed by atoms with E-state index in [0.29, 0.717) is 5.76 Å². The molecule has 0 aliphatic carbocycles. The first kappa shape index (κ1) is 19.0. The second-order valence-electron chi connectivity index (χ2n) is 7.13. The zero-order valence-electron chi connectivity index (χ0n) is 16.2. The van der Waals surface area contributed by atoms with Crippen molar-refractivity contribution in [1.29, 1.82) is 0 Å². The summed E-state index contributed by atoms with van der Waals surface area (Å²) in [7, 11) is 1.92. The van der Waals surface area contributed by atoms with Gasteiger partial charge >= 0.3 is 5.97 Å². The van der Waals surface area contributed by atoms with Gasteiger partial charge in [-0.05, 0) is 43.0 Å². The molecule has 1 aromatic carbocycles. The topological polar surface area (TPSA) is 49.8 Å². The number of thiophene rings is 2. The van der Waals surface area contributed by atoms with E-state index < -0.39 is 5.97 Å². The van der Waals surface area contributed by atoms with Crippen molar-refractivity contribution in [3.8, 4) is 0 Å². The second kappa shape index (κ2) is 7.60. The molecule has 2 aromatic heterocycles. The molecular weight excluding hydrogens is 390 g/mol. The van der Waals surface area contributed by atoms with Crippen LogP contribution in [0.25, 0.3) is 15.8 Å². The predicted octanol–water partition coefficient (Wildman–Crippen LogP) is 6.03. The van der Waals surface area contributed by atoms with E-state index in [-0.39, 0.29) is 12.6 Å². The van der Waals surface area contributed by atoms with Gasteiger partial charge in [-0.3, -0.25) is 4.79 Å². The smallest absolute Gasteiger partial charge is 0.309 e. The second-order valence-corrected chi connectivity index (χ2v) is 9.42. The Morgan fingerprint density at radius 3 is 2.79 bits per heavy atom. The molecule has 0 saturated heterocycles. The summed E-state index contributed by atoms with van der Waals surface area (Å²) in [4.78, 5) is 16.9. The average molecular weight is 414 g/mol. The summed E-state index contributed by atoms with van der Waals surface area (Å²) < 4.78 is 7.59. The Kier molecular flexibility index (Phi) is 5.17. The fourth-order valence-corrected chi connectivity index (χ4v) is 5.78. The summed E-state index contributed by atoms with van der Waals surface area (Å²) >= 11 is 3.39. The molecule has 1 N–H and O–H groups in total. The molecule has 4 nitrogen and oxygen atoms in total. The number of carboxylic acids is 1. The standard InChI is InChI=1S/C22H23NO3S2/c1-4-5-15-7-9-18(27-15)21-16(12-20(24)25)23(3)22(26-21)19-11-14-10-13(2)6-8-17(14)28-19/h6-11,22H,4-5,12H2,1-3H3,(H,24,25). The third-order valence-electron chi connectivity index (χ3n) is 4.90. The van der Waals surface area contributed by atoms with Crippen LogP contribution < -0.4 is 0 Å². The maximum Gasteiger partial charge on any atom is 0.309 e. The van der Waals surface area contributed by atoms with Gasteiger partial charge in [0.15, 0.2) is 5.76 Å². The Morgan fingerprint density at radius 2 is 2.04 bits per heavy atom. The SMILES string of the molecule is CCCc1ccc(C2=C(CC(=O)O)N(C)C(c3cc4cc(C)ccc4s3)O2)s1. The van der Waals surface area contributed by atoms with Crippen LogP contribution in [-0.4, -0.2) is 23.0 Å². The van der Waals surface area contributed by atoms with Crippen LogP contribution in [0.1, 0.15) is 46.2 Å². The van der Waals surface area contributed by atoms with Gasteiger partial charge in [-0.15, -0.1) is 22.7 Å². The highest BCUT2D eigenvalue weighted by atomic mass is 32.1. The largest absolute Gasteiger partial charge is 0.481 e. The highest BCUT2D eigenvalue weighted by Crippen LogP contribution is 2.45. The van der Waals surface area contributed by atoms with Crippen LogP contribution in [0.2, 0.25) is 0 Å². The molecule has 6 heteroatoms. The number of carboxylic acid groups (broad SMARTS) is 1. The highest BCUT2D eigenvalue weighted by Gasteiger charge is 2.35. The Hall–Kier alpha value is -2.31. The minimum atomic E-state index is -0.846. The molecule has 1 aliphatic rings. The van der Waals surface area contributed by atoms with E-state index in [0.717, 1.165) is 28.3 Å². The average Bonchev–Trinajstić information content (AvgIpc) is 3.33. The number of hydrogen-bond acceptors (Lipinski definition) is 5. The molecule has 0 bridgehead atoms. The van der Waals surface area contributed by atoms with Gasteiger partial charge in [0.2, 0.25) is 6.23 Å². The number of rotatable bonds is 6. The third kappa shape index (κ3) is 3.54. The van der Waals surface area contributed by atoms with E-state index in [1.807, 2.05) is 11.9 Å². The van der Waals surface area contributed by atoms with Gasteiger partial charge in [0, 0.05) is 16.6 Å². The number of nitrogens with zero attached hydrogens (tertiary/aromatic N) is 1. The number of aliphatic carboxylic acids is 1. The normalized spacial score (nSPS) is 16.8. The fourth-order valence-electron chi connectivity index (χ4n) is 3.54. The number of benzene rings is 1. The Labute approximate surface area is 172 Å². The number of carbonyl (C=O) groups is 1. The Bertz CT molecular complexity index is 1060. The first-order valence-electron chi connectivity index (χ1n) is 9.40. The molecule has 4 rings (SSSR count). The van der Waals surface area contributed by atoms with Crippen molar-refractivity contribution in [3.05, 3.63) is 62.3 Å². The molecule has 146 valence electrons. The van der Waals surface area contributed by atoms with Crippen molar-refractivity contribution >= 4 is 44.5 Å². The molecule has 28 heavy (non-hydrogen) atoms. The maximum atomic E-state index is 11.5. The minimum absolute atomic E-state index is 0.0483. The van der Waals surface area contributed by atoms with Crippen molar-refractivity contribution in [1.82, 2.24) is 4.90 Å². The van der Waals surface area contributed by atoms with Crippen LogP contribution in [0, 0.1) is 6.92 Å². The molecule has 3 aromatic rings. The lowest BCUT2D eigenvalue weighted by molar-refractivity contribution is -0.136. The first-order chi connectivity index (χ1) is 13.5. The van der Waals surface area contributed by atoms with E-state index in [2.05, 4.69) is 50.2 Å². The lowest BCUT2D eigenvalue weighted by Gasteiger charge is -2.21. The number of ether oxygens (including phenoxy) is 1. The molecule has 0 amide bonds. The summed E-state index contributed by atoms with van der Waals surface area (Å²) in [6, 6.07) is 12.8. The van der Waals surface area contributed by atoms with Gasteiger partial charge in [0.25, 0.3) is 0 Å². The van der Waals surface area contributed by atoms with Crippen LogP contribution in [0.15, 0.2) is 42.1 Å². The lowest BCUT2D eigenvalue weighted by Crippen LogP contribution is -2.20. The van der Waals surface area contributed by atoms with Crippen molar-refractivity contribution in [2.45, 2.75) is 39.3 Å². The molecular formula is C22H23NO3S2. The number of hydrogen-bond donors (Lipinski definition) is 1. The maximum absolute atomic E-state index is 11.5. The van der Waals surface area contributed by atoms with Crippen LogP contribution in [0.3, 0.4) is 0 Å². The molecule has 0 saturated carbocycles. The summed E-state index contributed by atoms with van der Waals surface area (Å²) in [5, 5.41) is 10.6. The number of aryl methyl sites for hydroxylation is 2. The van der Waals surface area contributed by atoms with Gasteiger partial charge in [0.1, 0.15) is 0 Å². The van der Waals surface area contributed by atoms with Crippen molar-refractivity contribution in [2.75, 3.05) is 7.05 Å². The third-order valence-corrected chi connectivity index (χ3v) is 7.19. The molecule has 1 atom stereocenters. The molecule has 0 radical (unpaired) electrons. The van der Waals surface area contributed by atoms with Crippen molar-refractivity contribution in [3.63, 3.8) is 0 Å². The number of fused-ring (bicyclic) bond motifs is 1. The zero-order valence-corrected chi connectivity index (χ0v) is 17.8. The summed E-state index contributed by atoms with van der Waals surface area (Å²) in [5.41, 5.74) is 1.96. The van der Waals surface area contributed by atoms with Gasteiger partial charge < -0.3 is 14.7 Å². The summed E-state index contributed by atoms with van der Waals surface area (Å²) in [6.07, 6.45) is 1.78. The van der Waals surface area contributed by atoms with Crippen LogP contribution in [0.5, 0.6) is 0 Å². The molecule has 3 heterocycles. The van der Waals surface area contributed by atoms with E-state index in [1.54, 1.807) is 22.7 Å². The summed E-state index contributed by atoms with van der Waals surface area (Å²) in [6.45, 7) is 4.25. The van der Waals surface area contributed by atoms with Gasteiger partial charge in [-0.1, -0.05) is 31.0 Å². The van der Waals surface area contributed by atoms with Gasteiger partial charge in [0.05, 0.1) is 21.9 Å². The first-order valence-corrected chi connectivity index (χ1v) is 11.0. The lowest BCUT2D eigenvalue weighted by atomic mass is 10.2.